The molecule has 0 aliphatic rings. The van der Waals surface area contributed by atoms with Crippen LogP contribution >= 0.6 is 0 Å². The van der Waals surface area contributed by atoms with Crippen molar-refractivity contribution in [1.29, 1.82) is 0 Å². The van der Waals surface area contributed by atoms with Crippen LogP contribution in [-0.2, 0) is 6.54 Å². The highest BCUT2D eigenvalue weighted by molar-refractivity contribution is 5.99. The maximum atomic E-state index is 13.3. The van der Waals surface area contributed by atoms with Crippen molar-refractivity contribution in [1.82, 2.24) is 9.88 Å². The molecule has 0 spiro atoms. The number of carbonyl (C=O) groups excluding carboxylic acids is 1. The van der Waals surface area contributed by atoms with Gasteiger partial charge in [0.2, 0.25) is 0 Å². The van der Waals surface area contributed by atoms with E-state index < -0.39 is 5.97 Å². The predicted molar refractivity (Wildman–Crippen MR) is 161 cm³/mol. The predicted octanol–water partition coefficient (Wildman–Crippen LogP) is 7.94. The summed E-state index contributed by atoms with van der Waals surface area (Å²) in [6.45, 7) is 7.02. The number of hydrogen-bond acceptors (Lipinski definition) is 2. The molecule has 0 aliphatic carbocycles. The minimum atomic E-state index is -0.932. The molecule has 40 heavy (non-hydrogen) atoms. The molecule has 1 amide bonds. The Kier molecular flexibility index (Phi) is 7.83. The normalized spacial score (nSPS) is 11.9. The van der Waals surface area contributed by atoms with Crippen LogP contribution in [0.25, 0.3) is 22.0 Å². The van der Waals surface area contributed by atoms with E-state index in [0.29, 0.717) is 23.2 Å². The first-order chi connectivity index (χ1) is 19.4. The molecule has 0 saturated carbocycles. The number of hydrogen-bond donors (Lipinski definition) is 2. The summed E-state index contributed by atoms with van der Waals surface area (Å²) in [6, 6.07) is 31.2. The molecular formula is C35H34N2O3. The maximum absolute atomic E-state index is 13.3. The van der Waals surface area contributed by atoms with Gasteiger partial charge < -0.3 is 15.0 Å². The Balaban J connectivity index is 1.39. The summed E-state index contributed by atoms with van der Waals surface area (Å²) in [5.74, 6) is -0.996. The number of fused-ring (bicyclic) bond motifs is 1. The number of amides is 1. The third kappa shape index (κ3) is 5.41. The third-order valence-electron chi connectivity index (χ3n) is 7.75. The van der Waals surface area contributed by atoms with E-state index in [1.54, 1.807) is 12.1 Å². The number of aromatic carboxylic acids is 1. The highest BCUT2D eigenvalue weighted by Gasteiger charge is 2.18. The zero-order valence-corrected chi connectivity index (χ0v) is 23.1. The highest BCUT2D eigenvalue weighted by atomic mass is 16.4. The molecule has 202 valence electrons. The molecule has 0 saturated heterocycles. The summed E-state index contributed by atoms with van der Waals surface area (Å²) in [6.07, 6.45) is 1.86. The van der Waals surface area contributed by atoms with Gasteiger partial charge in [-0.05, 0) is 72.4 Å². The quantitative estimate of drug-likeness (QED) is 0.203. The average Bonchev–Trinajstić information content (AvgIpc) is 3.22. The van der Waals surface area contributed by atoms with E-state index >= 15 is 0 Å². The molecule has 1 aromatic heterocycles. The lowest BCUT2D eigenvalue weighted by atomic mass is 9.99. The Morgan fingerprint density at radius 1 is 0.875 bits per heavy atom. The molecule has 0 aliphatic heterocycles. The number of nitrogens with zero attached hydrogens (tertiary/aromatic N) is 1. The van der Waals surface area contributed by atoms with Gasteiger partial charge in [-0.1, -0.05) is 86.1 Å². The minimum absolute atomic E-state index is 0.0211. The van der Waals surface area contributed by atoms with Crippen LogP contribution in [0.5, 0.6) is 0 Å². The van der Waals surface area contributed by atoms with E-state index in [2.05, 4.69) is 42.8 Å². The number of carbonyl (C=O) groups is 2. The first-order valence-corrected chi connectivity index (χ1v) is 13.7. The topological polar surface area (TPSA) is 71.3 Å². The minimum Gasteiger partial charge on any atom is -0.478 e. The molecule has 5 heteroatoms. The number of carboxylic acids is 1. The molecule has 5 rings (SSSR count). The van der Waals surface area contributed by atoms with Crippen LogP contribution in [0.1, 0.15) is 68.9 Å². The lowest BCUT2D eigenvalue weighted by Crippen LogP contribution is -2.28. The van der Waals surface area contributed by atoms with E-state index in [1.807, 2.05) is 72.8 Å². The molecular weight excluding hydrogens is 496 g/mol. The van der Waals surface area contributed by atoms with Crippen molar-refractivity contribution in [3.8, 4) is 11.1 Å². The lowest BCUT2D eigenvalue weighted by molar-refractivity contribution is 0.0697. The molecule has 0 bridgehead atoms. The molecule has 2 N–H and O–H groups in total. The summed E-state index contributed by atoms with van der Waals surface area (Å²) >= 11 is 0. The monoisotopic (exact) mass is 530 g/mol. The van der Waals surface area contributed by atoms with Gasteiger partial charge in [-0.15, -0.1) is 0 Å². The number of aryl methyl sites for hydroxylation is 1. The third-order valence-corrected chi connectivity index (χ3v) is 7.75. The zero-order valence-electron chi connectivity index (χ0n) is 23.1. The van der Waals surface area contributed by atoms with Gasteiger partial charge in [0.05, 0.1) is 11.6 Å². The molecule has 0 unspecified atom stereocenters. The summed E-state index contributed by atoms with van der Waals surface area (Å²) < 4.78 is 2.27. The smallest absolute Gasteiger partial charge is 0.336 e. The SMILES string of the molecule is CCC[C@H](NC(=O)c1ccc2c(c1)c(C)c(C)n2Cc1ccc(-c2ccccc2C(=O)O)cc1)c1ccccc1. The van der Waals surface area contributed by atoms with Crippen molar-refractivity contribution in [3.05, 3.63) is 131 Å². The standard InChI is InChI=1S/C35H34N2O3/c1-4-10-32(27-11-6-5-7-12-27)36-34(38)28-19-20-33-31(21-28)23(2)24(3)37(33)22-25-15-17-26(18-16-25)29-13-8-9-14-30(29)35(39)40/h5-9,11-21,32H,4,10,22H2,1-3H3,(H,36,38)(H,39,40)/t32-/m0/s1. The van der Waals surface area contributed by atoms with Crippen molar-refractivity contribution in [2.75, 3.05) is 0 Å². The summed E-state index contributed by atoms with van der Waals surface area (Å²) in [7, 11) is 0. The van der Waals surface area contributed by atoms with Crippen molar-refractivity contribution < 1.29 is 14.7 Å². The summed E-state index contributed by atoms with van der Waals surface area (Å²) in [4.78, 5) is 25.0. The lowest BCUT2D eigenvalue weighted by Gasteiger charge is -2.19. The Hall–Kier alpha value is -4.64. The Morgan fingerprint density at radius 3 is 2.27 bits per heavy atom. The Morgan fingerprint density at radius 2 is 1.57 bits per heavy atom. The van der Waals surface area contributed by atoms with Crippen molar-refractivity contribution in [3.63, 3.8) is 0 Å². The summed E-state index contributed by atoms with van der Waals surface area (Å²) in [5.41, 5.74) is 8.16. The van der Waals surface area contributed by atoms with Crippen molar-refractivity contribution >= 4 is 22.8 Å². The van der Waals surface area contributed by atoms with Crippen LogP contribution in [0.15, 0.2) is 97.1 Å². The van der Waals surface area contributed by atoms with E-state index in [4.69, 9.17) is 0 Å². The van der Waals surface area contributed by atoms with Crippen LogP contribution in [0.4, 0.5) is 0 Å². The van der Waals surface area contributed by atoms with Crippen molar-refractivity contribution in [2.24, 2.45) is 0 Å². The average molecular weight is 531 g/mol. The van der Waals surface area contributed by atoms with Gasteiger partial charge in [0.1, 0.15) is 0 Å². The van der Waals surface area contributed by atoms with Crippen LogP contribution in [0.2, 0.25) is 0 Å². The van der Waals surface area contributed by atoms with Crippen LogP contribution < -0.4 is 5.32 Å². The van der Waals surface area contributed by atoms with Gasteiger partial charge in [-0.3, -0.25) is 4.79 Å². The second-order valence-electron chi connectivity index (χ2n) is 10.3. The van der Waals surface area contributed by atoms with Gasteiger partial charge in [0.15, 0.2) is 0 Å². The van der Waals surface area contributed by atoms with E-state index in [-0.39, 0.29) is 11.9 Å². The fourth-order valence-corrected chi connectivity index (χ4v) is 5.43. The number of carboxylic acid groups (broad SMARTS) is 1. The van der Waals surface area contributed by atoms with E-state index in [9.17, 15) is 14.7 Å². The van der Waals surface area contributed by atoms with Crippen LogP contribution in [0.3, 0.4) is 0 Å². The van der Waals surface area contributed by atoms with E-state index in [0.717, 1.165) is 51.7 Å². The first kappa shape index (κ1) is 26.9. The first-order valence-electron chi connectivity index (χ1n) is 13.7. The number of aromatic nitrogens is 1. The Labute approximate surface area is 235 Å². The molecule has 4 aromatic carbocycles. The van der Waals surface area contributed by atoms with E-state index in [1.165, 1.54) is 0 Å². The van der Waals surface area contributed by atoms with Crippen LogP contribution in [-0.4, -0.2) is 21.6 Å². The van der Waals surface area contributed by atoms with Gasteiger partial charge in [-0.25, -0.2) is 4.79 Å². The Bertz CT molecular complexity index is 1670. The highest BCUT2D eigenvalue weighted by Crippen LogP contribution is 2.29. The maximum Gasteiger partial charge on any atom is 0.336 e. The fraction of sp³-hybridized carbons (Fsp3) is 0.200. The second kappa shape index (κ2) is 11.6. The molecule has 1 atom stereocenters. The molecule has 0 fully saturated rings. The second-order valence-corrected chi connectivity index (χ2v) is 10.3. The molecule has 0 radical (unpaired) electrons. The van der Waals surface area contributed by atoms with Crippen molar-refractivity contribution in [2.45, 2.75) is 46.2 Å². The fourth-order valence-electron chi connectivity index (χ4n) is 5.43. The largest absolute Gasteiger partial charge is 0.478 e. The number of nitrogens with one attached hydrogen (secondary N) is 1. The molecule has 5 nitrogen and oxygen atoms in total. The zero-order chi connectivity index (χ0) is 28.2. The number of benzene rings is 4. The van der Waals surface area contributed by atoms with Gasteiger partial charge in [-0.2, -0.15) is 0 Å². The summed E-state index contributed by atoms with van der Waals surface area (Å²) in [5, 5.41) is 13.9. The molecule has 1 heterocycles. The van der Waals surface area contributed by atoms with Gasteiger partial charge >= 0.3 is 5.97 Å². The molecule has 5 aromatic rings. The van der Waals surface area contributed by atoms with Gasteiger partial charge in [0, 0.05) is 28.7 Å². The van der Waals surface area contributed by atoms with Gasteiger partial charge in [0.25, 0.3) is 5.91 Å². The number of rotatable bonds is 9. The van der Waals surface area contributed by atoms with Crippen LogP contribution in [0, 0.1) is 13.8 Å².